The quantitative estimate of drug-likeness (QED) is 0.459. The van der Waals surface area contributed by atoms with Crippen molar-refractivity contribution < 1.29 is 9.59 Å². The third-order valence-electron chi connectivity index (χ3n) is 4.96. The topological polar surface area (TPSA) is 61.4 Å². The van der Waals surface area contributed by atoms with Crippen LogP contribution < -0.4 is 15.5 Å². The molecule has 0 fully saturated rings. The Morgan fingerprint density at radius 1 is 0.818 bits per heavy atom. The first-order valence-electron chi connectivity index (χ1n) is 10.6. The molecule has 0 aliphatic heterocycles. The molecule has 5 nitrogen and oxygen atoms in total. The molecule has 0 spiro atoms. The largest absolute Gasteiger partial charge is 0.378 e. The third-order valence-corrected chi connectivity index (χ3v) is 7.06. The lowest BCUT2D eigenvalue weighted by Crippen LogP contribution is -2.54. The van der Waals surface area contributed by atoms with E-state index in [1.807, 2.05) is 91.8 Å². The normalized spacial score (nSPS) is 11.1. The van der Waals surface area contributed by atoms with Crippen LogP contribution in [0.1, 0.15) is 24.2 Å². The highest BCUT2D eigenvalue weighted by atomic mass is 32.2. The van der Waals surface area contributed by atoms with Crippen LogP contribution in [0.15, 0.2) is 92.4 Å². The molecule has 2 amide bonds. The lowest BCUT2D eigenvalue weighted by molar-refractivity contribution is -0.125. The Morgan fingerprint density at radius 3 is 1.67 bits per heavy atom. The van der Waals surface area contributed by atoms with Gasteiger partial charge in [0.15, 0.2) is 0 Å². The van der Waals surface area contributed by atoms with Crippen molar-refractivity contribution in [2.75, 3.05) is 26.0 Å². The molecule has 3 aromatic carbocycles. The monoisotopic (exact) mass is 479 g/mol. The van der Waals surface area contributed by atoms with Crippen LogP contribution in [-0.2, 0) is 4.79 Å². The zero-order chi connectivity index (χ0) is 24.0. The average Bonchev–Trinajstić information content (AvgIpc) is 2.79. The highest BCUT2D eigenvalue weighted by Crippen LogP contribution is 2.41. The summed E-state index contributed by atoms with van der Waals surface area (Å²) in [5, 5.41) is 5.56. The molecule has 0 heterocycles. The molecule has 7 heteroatoms. The minimum atomic E-state index is -1.06. The number of amides is 2. The molecule has 0 atom stereocenters. The number of benzene rings is 3. The van der Waals surface area contributed by atoms with E-state index in [2.05, 4.69) is 10.6 Å². The molecule has 0 aromatic heterocycles. The number of hydrogen-bond donors (Lipinski definition) is 2. The van der Waals surface area contributed by atoms with Gasteiger partial charge in [0.05, 0.1) is 5.56 Å². The maximum Gasteiger partial charge on any atom is 0.254 e. The summed E-state index contributed by atoms with van der Waals surface area (Å²) in [6.07, 6.45) is 0. The van der Waals surface area contributed by atoms with E-state index < -0.39 is 5.54 Å². The van der Waals surface area contributed by atoms with Crippen molar-refractivity contribution in [3.05, 3.63) is 78.4 Å². The van der Waals surface area contributed by atoms with Gasteiger partial charge in [-0.3, -0.25) is 9.59 Å². The minimum absolute atomic E-state index is 0.254. The summed E-state index contributed by atoms with van der Waals surface area (Å²) in [4.78, 5) is 31.8. The molecule has 0 saturated heterocycles. The Morgan fingerprint density at radius 2 is 1.27 bits per heavy atom. The first-order valence-corrected chi connectivity index (χ1v) is 12.2. The van der Waals surface area contributed by atoms with Gasteiger partial charge in [0.1, 0.15) is 5.54 Å². The van der Waals surface area contributed by atoms with E-state index in [4.69, 9.17) is 0 Å². The van der Waals surface area contributed by atoms with E-state index in [1.165, 1.54) is 23.5 Å². The van der Waals surface area contributed by atoms with Crippen LogP contribution in [0, 0.1) is 0 Å². The van der Waals surface area contributed by atoms with Crippen molar-refractivity contribution in [1.82, 2.24) is 10.6 Å². The number of hydrogen-bond acceptors (Lipinski definition) is 5. The smallest absolute Gasteiger partial charge is 0.254 e. The lowest BCUT2D eigenvalue weighted by Gasteiger charge is -2.26. The van der Waals surface area contributed by atoms with Gasteiger partial charge in [-0.05, 0) is 50.2 Å². The summed E-state index contributed by atoms with van der Waals surface area (Å²) in [6.45, 7) is 3.40. The molecule has 0 bridgehead atoms. The Balaban J connectivity index is 2.14. The molecule has 33 heavy (non-hydrogen) atoms. The number of carbonyl (C=O) groups is 2. The fourth-order valence-electron chi connectivity index (χ4n) is 3.17. The van der Waals surface area contributed by atoms with Crippen molar-refractivity contribution in [3.8, 4) is 0 Å². The van der Waals surface area contributed by atoms with E-state index in [0.29, 0.717) is 5.56 Å². The van der Waals surface area contributed by atoms with E-state index in [9.17, 15) is 9.59 Å². The fraction of sp³-hybridized carbons (Fsp3) is 0.231. The molecule has 3 aromatic rings. The summed E-state index contributed by atoms with van der Waals surface area (Å²) < 4.78 is 0. The third kappa shape index (κ3) is 6.33. The molecule has 0 aliphatic carbocycles. The van der Waals surface area contributed by atoms with Crippen molar-refractivity contribution in [2.24, 2.45) is 0 Å². The van der Waals surface area contributed by atoms with E-state index in [0.717, 1.165) is 25.3 Å². The standard InChI is InChI=1S/C26H29N3O2S2/c1-26(2,25(31)27-3)28-24(30)23-21(32-19-12-8-6-9-13-19)16-18(29(4)5)17-22(23)33-20-14-10-7-11-15-20/h6-17H,1-5H3,(H,27,31)(H,28,30). The van der Waals surface area contributed by atoms with Gasteiger partial charge in [0.2, 0.25) is 5.91 Å². The van der Waals surface area contributed by atoms with Crippen LogP contribution in [0.3, 0.4) is 0 Å². The van der Waals surface area contributed by atoms with Gasteiger partial charge in [-0.1, -0.05) is 59.9 Å². The van der Waals surface area contributed by atoms with Gasteiger partial charge in [-0.25, -0.2) is 0 Å². The average molecular weight is 480 g/mol. The Labute approximate surface area is 204 Å². The zero-order valence-electron chi connectivity index (χ0n) is 19.5. The highest BCUT2D eigenvalue weighted by Gasteiger charge is 2.31. The van der Waals surface area contributed by atoms with Gasteiger partial charge in [0.25, 0.3) is 5.91 Å². The first kappa shape index (κ1) is 24.7. The van der Waals surface area contributed by atoms with Gasteiger partial charge < -0.3 is 15.5 Å². The van der Waals surface area contributed by atoms with Crippen molar-refractivity contribution in [2.45, 2.75) is 39.0 Å². The molecular weight excluding hydrogens is 450 g/mol. The van der Waals surface area contributed by atoms with Gasteiger partial charge >= 0.3 is 0 Å². The summed E-state index contributed by atoms with van der Waals surface area (Å²) in [6, 6.07) is 24.0. The molecule has 3 rings (SSSR count). The van der Waals surface area contributed by atoms with Crippen LogP contribution in [0.25, 0.3) is 0 Å². The number of nitrogens with zero attached hydrogens (tertiary/aromatic N) is 1. The fourth-order valence-corrected chi connectivity index (χ4v) is 5.29. The van der Waals surface area contributed by atoms with E-state index in [-0.39, 0.29) is 11.8 Å². The Kier molecular flexibility index (Phi) is 8.10. The summed E-state index contributed by atoms with van der Waals surface area (Å²) in [5.74, 6) is -0.541. The minimum Gasteiger partial charge on any atom is -0.378 e. The molecule has 0 radical (unpaired) electrons. The molecule has 2 N–H and O–H groups in total. The lowest BCUT2D eigenvalue weighted by atomic mass is 10.0. The van der Waals surface area contributed by atoms with Crippen molar-refractivity contribution in [1.29, 1.82) is 0 Å². The zero-order valence-corrected chi connectivity index (χ0v) is 21.1. The van der Waals surface area contributed by atoms with Crippen LogP contribution >= 0.6 is 23.5 Å². The second-order valence-electron chi connectivity index (χ2n) is 8.20. The van der Waals surface area contributed by atoms with Crippen LogP contribution in [0.2, 0.25) is 0 Å². The second kappa shape index (κ2) is 10.8. The SMILES string of the molecule is CNC(=O)C(C)(C)NC(=O)c1c(Sc2ccccc2)cc(N(C)C)cc1Sc1ccccc1. The Bertz CT molecular complexity index is 1050. The summed E-state index contributed by atoms with van der Waals surface area (Å²) in [5.41, 5.74) is 0.490. The molecule has 0 saturated carbocycles. The first-order chi connectivity index (χ1) is 15.7. The molecule has 172 valence electrons. The Hall–Kier alpha value is -2.90. The second-order valence-corrected chi connectivity index (χ2v) is 10.4. The predicted molar refractivity (Wildman–Crippen MR) is 138 cm³/mol. The number of nitrogens with one attached hydrogen (secondary N) is 2. The van der Waals surface area contributed by atoms with Crippen molar-refractivity contribution >= 4 is 41.0 Å². The van der Waals surface area contributed by atoms with E-state index in [1.54, 1.807) is 20.9 Å². The summed E-state index contributed by atoms with van der Waals surface area (Å²) in [7, 11) is 5.53. The van der Waals surface area contributed by atoms with Crippen molar-refractivity contribution in [3.63, 3.8) is 0 Å². The maximum atomic E-state index is 13.7. The van der Waals surface area contributed by atoms with Crippen LogP contribution in [-0.4, -0.2) is 38.5 Å². The number of carbonyl (C=O) groups excluding carboxylic acids is 2. The van der Waals surface area contributed by atoms with Gasteiger partial charge in [0, 0.05) is 46.4 Å². The number of rotatable bonds is 8. The summed E-state index contributed by atoms with van der Waals surface area (Å²) >= 11 is 3.08. The predicted octanol–water partition coefficient (Wildman–Crippen LogP) is 5.31. The van der Waals surface area contributed by atoms with Crippen LogP contribution in [0.5, 0.6) is 0 Å². The number of likely N-dealkylation sites (N-methyl/N-ethyl adjacent to an activating group) is 1. The highest BCUT2D eigenvalue weighted by molar-refractivity contribution is 8.00. The van der Waals surface area contributed by atoms with Crippen LogP contribution in [0.4, 0.5) is 5.69 Å². The molecular formula is C26H29N3O2S2. The van der Waals surface area contributed by atoms with Gasteiger partial charge in [-0.2, -0.15) is 0 Å². The molecule has 0 unspecified atom stereocenters. The maximum absolute atomic E-state index is 13.7. The van der Waals surface area contributed by atoms with E-state index >= 15 is 0 Å². The van der Waals surface area contributed by atoms with Gasteiger partial charge in [-0.15, -0.1) is 0 Å². The molecule has 0 aliphatic rings. The number of anilines is 1.